The fourth-order valence-corrected chi connectivity index (χ4v) is 4.83. The van der Waals surface area contributed by atoms with Crippen LogP contribution in [0.25, 0.3) is 0 Å². The summed E-state index contributed by atoms with van der Waals surface area (Å²) in [4.78, 5) is 2.75. The number of aryl methyl sites for hydroxylation is 2. The Labute approximate surface area is 144 Å². The first kappa shape index (κ1) is 17.1. The number of hydrogen-bond donors (Lipinski definition) is 0. The van der Waals surface area contributed by atoms with Crippen LogP contribution in [0.4, 0.5) is 0 Å². The summed E-state index contributed by atoms with van der Waals surface area (Å²) in [6, 6.07) is 15.9. The smallest absolute Gasteiger partial charge is 0.243 e. The third-order valence-electron chi connectivity index (χ3n) is 4.54. The van der Waals surface area contributed by atoms with Crippen LogP contribution >= 0.6 is 0 Å². The van der Waals surface area contributed by atoms with Gasteiger partial charge < -0.3 is 0 Å². The molecular formula is C19H24N2O2S. The molecule has 0 spiro atoms. The molecule has 0 aliphatic carbocycles. The summed E-state index contributed by atoms with van der Waals surface area (Å²) in [6.45, 7) is 7.27. The lowest BCUT2D eigenvalue weighted by molar-refractivity contribution is 0.181. The second kappa shape index (κ2) is 7.05. The lowest BCUT2D eigenvalue weighted by Gasteiger charge is -2.34. The van der Waals surface area contributed by atoms with E-state index in [0.29, 0.717) is 18.0 Å². The number of piperazine rings is 1. The Hall–Kier alpha value is -1.69. The predicted molar refractivity (Wildman–Crippen MR) is 96.4 cm³/mol. The van der Waals surface area contributed by atoms with Crippen LogP contribution in [-0.2, 0) is 16.6 Å². The Morgan fingerprint density at radius 3 is 2.25 bits per heavy atom. The van der Waals surface area contributed by atoms with Crippen LogP contribution in [0, 0.1) is 13.8 Å². The van der Waals surface area contributed by atoms with Gasteiger partial charge in [0.25, 0.3) is 0 Å². The van der Waals surface area contributed by atoms with E-state index in [4.69, 9.17) is 0 Å². The second-order valence-corrected chi connectivity index (χ2v) is 8.34. The van der Waals surface area contributed by atoms with E-state index in [-0.39, 0.29) is 0 Å². The molecular weight excluding hydrogens is 320 g/mol. The van der Waals surface area contributed by atoms with Gasteiger partial charge in [-0.15, -0.1) is 0 Å². The maximum atomic E-state index is 12.9. The molecule has 0 aromatic heterocycles. The van der Waals surface area contributed by atoms with Gasteiger partial charge in [-0.1, -0.05) is 42.5 Å². The molecule has 4 nitrogen and oxygen atoms in total. The van der Waals surface area contributed by atoms with Gasteiger partial charge in [-0.05, 0) is 36.6 Å². The van der Waals surface area contributed by atoms with E-state index in [2.05, 4.69) is 17.0 Å². The highest BCUT2D eigenvalue weighted by atomic mass is 32.2. The molecule has 0 bridgehead atoms. The van der Waals surface area contributed by atoms with E-state index in [0.717, 1.165) is 30.8 Å². The molecule has 3 rings (SSSR count). The van der Waals surface area contributed by atoms with Crippen LogP contribution in [0.15, 0.2) is 53.4 Å². The van der Waals surface area contributed by atoms with Crippen LogP contribution in [0.1, 0.15) is 16.7 Å². The van der Waals surface area contributed by atoms with Crippen molar-refractivity contribution in [1.82, 2.24) is 9.21 Å². The Balaban J connectivity index is 1.68. The van der Waals surface area contributed by atoms with Gasteiger partial charge in [0.2, 0.25) is 10.0 Å². The van der Waals surface area contributed by atoms with Gasteiger partial charge in [-0.3, -0.25) is 4.90 Å². The second-order valence-electron chi connectivity index (χ2n) is 6.43. The van der Waals surface area contributed by atoms with E-state index >= 15 is 0 Å². The number of benzene rings is 2. The van der Waals surface area contributed by atoms with Crippen LogP contribution in [0.3, 0.4) is 0 Å². The van der Waals surface area contributed by atoms with Gasteiger partial charge >= 0.3 is 0 Å². The Kier molecular flexibility index (Phi) is 5.04. The van der Waals surface area contributed by atoms with Crippen molar-refractivity contribution >= 4 is 10.0 Å². The van der Waals surface area contributed by atoms with Crippen molar-refractivity contribution in [3.05, 3.63) is 65.2 Å². The van der Waals surface area contributed by atoms with Crippen molar-refractivity contribution in [1.29, 1.82) is 0 Å². The van der Waals surface area contributed by atoms with Crippen molar-refractivity contribution < 1.29 is 8.42 Å². The molecule has 2 aromatic carbocycles. The SMILES string of the molecule is Cc1ccc(C)c(S(=O)(=O)N2CCN(Cc3ccccc3)CC2)c1. The molecule has 0 atom stereocenters. The Morgan fingerprint density at radius 2 is 1.58 bits per heavy atom. The molecule has 128 valence electrons. The Morgan fingerprint density at radius 1 is 0.917 bits per heavy atom. The van der Waals surface area contributed by atoms with Crippen molar-refractivity contribution in [3.63, 3.8) is 0 Å². The van der Waals surface area contributed by atoms with E-state index in [9.17, 15) is 8.42 Å². The first-order valence-electron chi connectivity index (χ1n) is 8.30. The summed E-state index contributed by atoms with van der Waals surface area (Å²) < 4.78 is 27.5. The van der Waals surface area contributed by atoms with Crippen molar-refractivity contribution in [2.75, 3.05) is 26.2 Å². The number of sulfonamides is 1. The zero-order chi connectivity index (χ0) is 17.2. The highest BCUT2D eigenvalue weighted by molar-refractivity contribution is 7.89. The van der Waals surface area contributed by atoms with E-state index < -0.39 is 10.0 Å². The Bertz CT molecular complexity index is 795. The standard InChI is InChI=1S/C19H24N2O2S/c1-16-8-9-17(2)19(14-16)24(22,23)21-12-10-20(11-13-21)15-18-6-4-3-5-7-18/h3-9,14H,10-13,15H2,1-2H3. The zero-order valence-electron chi connectivity index (χ0n) is 14.3. The van der Waals surface area contributed by atoms with Gasteiger partial charge in [0, 0.05) is 32.7 Å². The van der Waals surface area contributed by atoms with E-state index in [1.165, 1.54) is 5.56 Å². The fourth-order valence-electron chi connectivity index (χ4n) is 3.09. The van der Waals surface area contributed by atoms with Crippen LogP contribution in [0.2, 0.25) is 0 Å². The van der Waals surface area contributed by atoms with E-state index in [1.807, 2.05) is 44.2 Å². The monoisotopic (exact) mass is 344 g/mol. The number of rotatable bonds is 4. The summed E-state index contributed by atoms with van der Waals surface area (Å²) in [6.07, 6.45) is 0. The first-order chi connectivity index (χ1) is 11.5. The summed E-state index contributed by atoms with van der Waals surface area (Å²) in [5.74, 6) is 0. The molecule has 0 unspecified atom stereocenters. The highest BCUT2D eigenvalue weighted by Crippen LogP contribution is 2.22. The third kappa shape index (κ3) is 3.69. The molecule has 0 radical (unpaired) electrons. The molecule has 5 heteroatoms. The number of nitrogens with zero attached hydrogens (tertiary/aromatic N) is 2. The molecule has 1 fully saturated rings. The minimum atomic E-state index is -3.40. The predicted octanol–water partition coefficient (Wildman–Crippen LogP) is 2.81. The molecule has 24 heavy (non-hydrogen) atoms. The quantitative estimate of drug-likeness (QED) is 0.856. The largest absolute Gasteiger partial charge is 0.296 e. The van der Waals surface area contributed by atoms with Gasteiger partial charge in [0.1, 0.15) is 0 Å². The topological polar surface area (TPSA) is 40.6 Å². The van der Waals surface area contributed by atoms with Gasteiger partial charge in [-0.2, -0.15) is 4.31 Å². The molecule has 1 heterocycles. The van der Waals surface area contributed by atoms with Crippen molar-refractivity contribution in [2.45, 2.75) is 25.3 Å². The minimum Gasteiger partial charge on any atom is -0.296 e. The molecule has 1 saturated heterocycles. The summed E-state index contributed by atoms with van der Waals surface area (Å²) in [7, 11) is -3.40. The lowest BCUT2D eigenvalue weighted by Crippen LogP contribution is -2.48. The molecule has 1 aliphatic rings. The average molecular weight is 344 g/mol. The van der Waals surface area contributed by atoms with Gasteiger partial charge in [0.15, 0.2) is 0 Å². The lowest BCUT2D eigenvalue weighted by atomic mass is 10.2. The van der Waals surface area contributed by atoms with Gasteiger partial charge in [0.05, 0.1) is 4.90 Å². The van der Waals surface area contributed by atoms with Crippen LogP contribution in [-0.4, -0.2) is 43.8 Å². The molecule has 1 aliphatic heterocycles. The van der Waals surface area contributed by atoms with Crippen LogP contribution < -0.4 is 0 Å². The van der Waals surface area contributed by atoms with E-state index in [1.54, 1.807) is 10.4 Å². The van der Waals surface area contributed by atoms with Crippen molar-refractivity contribution in [3.8, 4) is 0 Å². The molecule has 0 saturated carbocycles. The average Bonchev–Trinajstić information content (AvgIpc) is 2.58. The zero-order valence-corrected chi connectivity index (χ0v) is 15.1. The maximum absolute atomic E-state index is 12.9. The summed E-state index contributed by atoms with van der Waals surface area (Å²) in [5.41, 5.74) is 3.05. The molecule has 0 amide bonds. The highest BCUT2D eigenvalue weighted by Gasteiger charge is 2.29. The van der Waals surface area contributed by atoms with Crippen LogP contribution in [0.5, 0.6) is 0 Å². The first-order valence-corrected chi connectivity index (χ1v) is 9.74. The summed E-state index contributed by atoms with van der Waals surface area (Å²) in [5, 5.41) is 0. The minimum absolute atomic E-state index is 0.444. The van der Waals surface area contributed by atoms with Gasteiger partial charge in [-0.25, -0.2) is 8.42 Å². The normalized spacial score (nSPS) is 17.1. The maximum Gasteiger partial charge on any atom is 0.243 e. The number of hydrogen-bond acceptors (Lipinski definition) is 3. The molecule has 2 aromatic rings. The van der Waals surface area contributed by atoms with Crippen molar-refractivity contribution in [2.24, 2.45) is 0 Å². The third-order valence-corrected chi connectivity index (χ3v) is 6.58. The summed E-state index contributed by atoms with van der Waals surface area (Å²) >= 11 is 0. The fraction of sp³-hybridized carbons (Fsp3) is 0.368. The molecule has 0 N–H and O–H groups in total.